The van der Waals surface area contributed by atoms with Gasteiger partial charge in [-0.3, -0.25) is 4.79 Å². The van der Waals surface area contributed by atoms with Gasteiger partial charge in [-0.1, -0.05) is 42.8 Å². The second-order valence-corrected chi connectivity index (χ2v) is 6.84. The fourth-order valence-corrected chi connectivity index (χ4v) is 3.79. The second kappa shape index (κ2) is 9.94. The highest BCUT2D eigenvalue weighted by Crippen LogP contribution is 2.45. The quantitative estimate of drug-likeness (QED) is 0.757. The largest absolute Gasteiger partial charge is 0.331 e. The number of benzene rings is 2. The zero-order chi connectivity index (χ0) is 16.8. The number of hydrogen-bond donors (Lipinski definition) is 1. The smallest absolute Gasteiger partial charge is 0.223 e. The summed E-state index contributed by atoms with van der Waals surface area (Å²) in [7, 11) is 0. The number of para-hydroxylation sites is 1. The van der Waals surface area contributed by atoms with Crippen LogP contribution in [0, 0.1) is 0 Å². The molecule has 2 aromatic rings. The number of anilines is 1. The molecule has 0 saturated heterocycles. The van der Waals surface area contributed by atoms with E-state index >= 15 is 0 Å². The van der Waals surface area contributed by atoms with E-state index in [-0.39, 0.29) is 23.6 Å². The predicted octanol–water partition coefficient (Wildman–Crippen LogP) is 4.93. The number of amides is 1. The monoisotopic (exact) mass is 384 g/mol. The number of carbonyl (C=O) groups excluding carboxylic acids is 1. The van der Waals surface area contributed by atoms with Crippen molar-refractivity contribution in [3.8, 4) is 0 Å². The third kappa shape index (κ3) is 5.15. The van der Waals surface area contributed by atoms with E-state index in [0.717, 1.165) is 22.2 Å². The Balaban J connectivity index is 0.000000671. The Morgan fingerprint density at radius 1 is 1.25 bits per heavy atom. The molecule has 24 heavy (non-hydrogen) atoms. The van der Waals surface area contributed by atoms with E-state index in [1.807, 2.05) is 54.3 Å². The summed E-state index contributed by atoms with van der Waals surface area (Å²) < 4.78 is 0. The molecule has 0 spiro atoms. The molecule has 2 N–H and O–H groups in total. The van der Waals surface area contributed by atoms with Crippen molar-refractivity contribution in [2.45, 2.75) is 24.0 Å². The number of fused-ring (bicyclic) bond motifs is 1. The van der Waals surface area contributed by atoms with Crippen molar-refractivity contribution < 1.29 is 4.79 Å². The van der Waals surface area contributed by atoms with Crippen LogP contribution in [0.1, 0.15) is 24.7 Å². The minimum Gasteiger partial charge on any atom is -0.331 e. The molecular formula is C18H22Cl2N2OS. The van der Waals surface area contributed by atoms with Gasteiger partial charge in [0.1, 0.15) is 0 Å². The van der Waals surface area contributed by atoms with Crippen molar-refractivity contribution in [1.82, 2.24) is 0 Å². The van der Waals surface area contributed by atoms with E-state index in [4.69, 9.17) is 17.3 Å². The van der Waals surface area contributed by atoms with E-state index in [1.165, 1.54) is 5.56 Å². The van der Waals surface area contributed by atoms with Crippen LogP contribution in [0.3, 0.4) is 0 Å². The van der Waals surface area contributed by atoms with Crippen LogP contribution in [0.25, 0.3) is 0 Å². The molecule has 1 amide bonds. The summed E-state index contributed by atoms with van der Waals surface area (Å²) in [5.74, 6) is 0.0803. The first-order valence-corrected chi connectivity index (χ1v) is 8.81. The number of nitrogens with two attached hydrogens (primary N) is 1. The van der Waals surface area contributed by atoms with Gasteiger partial charge in [-0.2, -0.15) is 0 Å². The van der Waals surface area contributed by atoms with E-state index in [2.05, 4.69) is 6.07 Å². The van der Waals surface area contributed by atoms with Crippen LogP contribution >= 0.6 is 35.8 Å². The number of nitrogens with zero attached hydrogens (tertiary/aromatic N) is 1. The lowest BCUT2D eigenvalue weighted by atomic mass is 10.1. The zero-order valence-corrected chi connectivity index (χ0v) is 16.1. The Bertz CT molecular complexity index is 664. The van der Waals surface area contributed by atoms with Crippen molar-refractivity contribution in [3.05, 3.63) is 59.1 Å². The van der Waals surface area contributed by atoms with Gasteiger partial charge in [0.25, 0.3) is 0 Å². The first-order chi connectivity index (χ1) is 11.1. The average Bonchev–Trinajstić information content (AvgIpc) is 2.55. The summed E-state index contributed by atoms with van der Waals surface area (Å²) in [4.78, 5) is 14.9. The Morgan fingerprint density at radius 2 is 1.83 bits per heavy atom. The lowest BCUT2D eigenvalue weighted by Gasteiger charge is -2.33. The van der Waals surface area contributed by atoms with Crippen molar-refractivity contribution in [2.75, 3.05) is 18.0 Å². The van der Waals surface area contributed by atoms with Gasteiger partial charge in [-0.05, 0) is 36.4 Å². The SMILES string of the molecule is CC(=O)N1CC(c2ccc(Cl)cc2)Sc2ccccc21.CCN.Cl. The third-order valence-corrected chi connectivity index (χ3v) is 4.95. The van der Waals surface area contributed by atoms with Gasteiger partial charge >= 0.3 is 0 Å². The lowest BCUT2D eigenvalue weighted by Crippen LogP contribution is -2.34. The molecule has 0 bridgehead atoms. The fourth-order valence-electron chi connectivity index (χ4n) is 2.38. The molecule has 0 aromatic heterocycles. The summed E-state index contributed by atoms with van der Waals surface area (Å²) in [5.41, 5.74) is 7.05. The van der Waals surface area contributed by atoms with Crippen LogP contribution in [0.4, 0.5) is 5.69 Å². The highest BCUT2D eigenvalue weighted by Gasteiger charge is 2.28. The topological polar surface area (TPSA) is 46.3 Å². The normalized spacial score (nSPS) is 15.5. The second-order valence-electron chi connectivity index (χ2n) is 5.16. The molecule has 3 rings (SSSR count). The number of hydrogen-bond acceptors (Lipinski definition) is 3. The molecule has 1 atom stereocenters. The molecule has 6 heteroatoms. The minimum absolute atomic E-state index is 0. The minimum atomic E-state index is 0. The molecule has 1 heterocycles. The highest BCUT2D eigenvalue weighted by molar-refractivity contribution is 7.99. The lowest BCUT2D eigenvalue weighted by molar-refractivity contribution is -0.116. The molecule has 1 unspecified atom stereocenters. The van der Waals surface area contributed by atoms with Gasteiger partial charge in [0.05, 0.1) is 10.9 Å². The Hall–Kier alpha value is -1.20. The van der Waals surface area contributed by atoms with Crippen molar-refractivity contribution in [2.24, 2.45) is 5.73 Å². The Labute approximate surface area is 159 Å². The van der Waals surface area contributed by atoms with E-state index in [9.17, 15) is 4.79 Å². The predicted molar refractivity (Wildman–Crippen MR) is 106 cm³/mol. The maximum Gasteiger partial charge on any atom is 0.223 e. The first kappa shape index (κ1) is 20.8. The van der Waals surface area contributed by atoms with Crippen LogP contribution in [0.2, 0.25) is 5.02 Å². The van der Waals surface area contributed by atoms with Gasteiger partial charge < -0.3 is 10.6 Å². The summed E-state index contributed by atoms with van der Waals surface area (Å²) >= 11 is 7.74. The molecule has 130 valence electrons. The number of thioether (sulfide) groups is 1. The van der Waals surface area contributed by atoms with Gasteiger partial charge in [0.2, 0.25) is 5.91 Å². The number of carbonyl (C=O) groups is 1. The van der Waals surface area contributed by atoms with E-state index in [0.29, 0.717) is 6.54 Å². The molecule has 0 radical (unpaired) electrons. The fraction of sp³-hybridized carbons (Fsp3) is 0.278. The summed E-state index contributed by atoms with van der Waals surface area (Å²) in [5, 5.41) is 0.976. The van der Waals surface area contributed by atoms with Crippen LogP contribution in [0.5, 0.6) is 0 Å². The molecule has 1 aliphatic rings. The Morgan fingerprint density at radius 3 is 2.42 bits per heavy atom. The summed E-state index contributed by atoms with van der Waals surface area (Å²) in [6.45, 7) is 4.96. The maximum absolute atomic E-state index is 11.9. The van der Waals surface area contributed by atoms with Gasteiger partial charge in [0.15, 0.2) is 0 Å². The van der Waals surface area contributed by atoms with Crippen molar-refractivity contribution >= 4 is 47.4 Å². The van der Waals surface area contributed by atoms with Crippen LogP contribution < -0.4 is 10.6 Å². The van der Waals surface area contributed by atoms with Crippen LogP contribution in [-0.2, 0) is 4.79 Å². The third-order valence-electron chi connectivity index (χ3n) is 3.40. The van der Waals surface area contributed by atoms with Crippen molar-refractivity contribution in [3.63, 3.8) is 0 Å². The average molecular weight is 385 g/mol. The molecule has 3 nitrogen and oxygen atoms in total. The Kier molecular flexibility index (Phi) is 8.63. The maximum atomic E-state index is 11.9. The van der Waals surface area contributed by atoms with Crippen molar-refractivity contribution in [1.29, 1.82) is 0 Å². The van der Waals surface area contributed by atoms with Crippen LogP contribution in [0.15, 0.2) is 53.4 Å². The molecule has 2 aromatic carbocycles. The highest BCUT2D eigenvalue weighted by atomic mass is 35.5. The molecule has 0 saturated carbocycles. The molecule has 1 aliphatic heterocycles. The molecular weight excluding hydrogens is 363 g/mol. The van der Waals surface area contributed by atoms with Gasteiger partial charge in [-0.25, -0.2) is 0 Å². The first-order valence-electron chi connectivity index (χ1n) is 7.56. The summed E-state index contributed by atoms with van der Waals surface area (Å²) in [6.07, 6.45) is 0. The van der Waals surface area contributed by atoms with Crippen LogP contribution in [-0.4, -0.2) is 19.0 Å². The molecule has 0 aliphatic carbocycles. The summed E-state index contributed by atoms with van der Waals surface area (Å²) in [6, 6.07) is 15.9. The zero-order valence-electron chi connectivity index (χ0n) is 13.7. The van der Waals surface area contributed by atoms with E-state index < -0.39 is 0 Å². The van der Waals surface area contributed by atoms with Gasteiger partial charge in [-0.15, -0.1) is 24.2 Å². The number of rotatable bonds is 1. The molecule has 0 fully saturated rings. The number of halogens is 2. The van der Waals surface area contributed by atoms with E-state index in [1.54, 1.807) is 18.7 Å². The standard InChI is InChI=1S/C16H14ClNOS.C2H7N.ClH/c1-11(19)18-10-16(12-6-8-13(17)9-7-12)20-15-5-3-2-4-14(15)18;1-2-3;/h2-9,16H,10H2,1H3;2-3H2,1H3;1H. The van der Waals surface area contributed by atoms with Gasteiger partial charge in [0, 0.05) is 23.4 Å².